The van der Waals surface area contributed by atoms with Crippen molar-refractivity contribution in [2.45, 2.75) is 13.3 Å². The Kier molecular flexibility index (Phi) is 5.95. The van der Waals surface area contributed by atoms with Gasteiger partial charge in [0.1, 0.15) is 11.5 Å². The molecule has 0 saturated carbocycles. The van der Waals surface area contributed by atoms with Crippen molar-refractivity contribution in [3.05, 3.63) is 18.2 Å². The molecule has 0 saturated heterocycles. The fourth-order valence-corrected chi connectivity index (χ4v) is 2.94. The summed E-state index contributed by atoms with van der Waals surface area (Å²) in [6, 6.07) is 5.36. The Labute approximate surface area is 114 Å². The molecule has 0 fully saturated rings. The summed E-state index contributed by atoms with van der Waals surface area (Å²) in [4.78, 5) is 0. The van der Waals surface area contributed by atoms with Gasteiger partial charge < -0.3 is 14.8 Å². The first-order valence-electron chi connectivity index (χ1n) is 6.18. The minimum atomic E-state index is -2.96. The Bertz CT molecular complexity index is 499. The molecule has 19 heavy (non-hydrogen) atoms. The summed E-state index contributed by atoms with van der Waals surface area (Å²) in [5.41, 5.74) is 0.759. The van der Waals surface area contributed by atoms with Crippen LogP contribution in [0.25, 0.3) is 0 Å². The standard InChI is InChI=1S/C13H21NO4S/c1-4-8-19(15,16)9-7-14-12-6-5-11(17-2)10-13(12)18-3/h5-6,10,14H,4,7-9H2,1-3H3. The zero-order chi connectivity index (χ0) is 14.3. The molecule has 0 unspecified atom stereocenters. The van der Waals surface area contributed by atoms with Crippen LogP contribution in [-0.4, -0.2) is 40.7 Å². The second-order valence-corrected chi connectivity index (χ2v) is 6.45. The zero-order valence-electron chi connectivity index (χ0n) is 11.6. The first kappa shape index (κ1) is 15.6. The van der Waals surface area contributed by atoms with E-state index in [1.54, 1.807) is 26.4 Å². The molecular weight excluding hydrogens is 266 g/mol. The SMILES string of the molecule is CCCS(=O)(=O)CCNc1ccc(OC)cc1OC. The predicted octanol–water partition coefficient (Wildman–Crippen LogP) is 1.94. The van der Waals surface area contributed by atoms with Gasteiger partial charge in [0, 0.05) is 18.4 Å². The van der Waals surface area contributed by atoms with Gasteiger partial charge in [-0.1, -0.05) is 6.92 Å². The normalized spacial score (nSPS) is 11.1. The van der Waals surface area contributed by atoms with E-state index in [-0.39, 0.29) is 11.5 Å². The summed E-state index contributed by atoms with van der Waals surface area (Å²) in [5, 5.41) is 3.07. The highest BCUT2D eigenvalue weighted by Crippen LogP contribution is 2.28. The third-order valence-electron chi connectivity index (χ3n) is 2.65. The lowest BCUT2D eigenvalue weighted by Crippen LogP contribution is -2.18. The van der Waals surface area contributed by atoms with Crippen LogP contribution in [0.2, 0.25) is 0 Å². The minimum Gasteiger partial charge on any atom is -0.497 e. The lowest BCUT2D eigenvalue weighted by atomic mass is 10.2. The van der Waals surface area contributed by atoms with Crippen molar-refractivity contribution in [3.8, 4) is 11.5 Å². The summed E-state index contributed by atoms with van der Waals surface area (Å²) >= 11 is 0. The Morgan fingerprint density at radius 2 is 1.89 bits per heavy atom. The first-order valence-corrected chi connectivity index (χ1v) is 8.01. The van der Waals surface area contributed by atoms with Crippen LogP contribution in [0.4, 0.5) is 5.69 Å². The molecule has 1 aromatic carbocycles. The zero-order valence-corrected chi connectivity index (χ0v) is 12.4. The average Bonchev–Trinajstić information content (AvgIpc) is 2.38. The van der Waals surface area contributed by atoms with Crippen molar-refractivity contribution in [1.29, 1.82) is 0 Å². The summed E-state index contributed by atoms with van der Waals surface area (Å²) in [5.74, 6) is 1.68. The number of ether oxygens (including phenoxy) is 2. The van der Waals surface area contributed by atoms with Gasteiger partial charge in [-0.05, 0) is 18.6 Å². The Morgan fingerprint density at radius 1 is 1.16 bits per heavy atom. The van der Waals surface area contributed by atoms with E-state index in [1.807, 2.05) is 13.0 Å². The van der Waals surface area contributed by atoms with E-state index in [2.05, 4.69) is 5.32 Å². The van der Waals surface area contributed by atoms with Crippen LogP contribution in [-0.2, 0) is 9.84 Å². The highest BCUT2D eigenvalue weighted by atomic mass is 32.2. The quantitative estimate of drug-likeness (QED) is 0.791. The van der Waals surface area contributed by atoms with Crippen LogP contribution in [0, 0.1) is 0 Å². The molecule has 1 rings (SSSR count). The highest BCUT2D eigenvalue weighted by molar-refractivity contribution is 7.91. The number of sulfone groups is 1. The number of benzene rings is 1. The molecule has 108 valence electrons. The Hall–Kier alpha value is -1.43. The van der Waals surface area contributed by atoms with Gasteiger partial charge >= 0.3 is 0 Å². The monoisotopic (exact) mass is 287 g/mol. The van der Waals surface area contributed by atoms with Crippen molar-refractivity contribution < 1.29 is 17.9 Å². The summed E-state index contributed by atoms with van der Waals surface area (Å²) in [7, 11) is 0.184. The topological polar surface area (TPSA) is 64.6 Å². The van der Waals surface area contributed by atoms with Crippen LogP contribution >= 0.6 is 0 Å². The average molecular weight is 287 g/mol. The molecule has 1 aromatic rings. The molecule has 0 heterocycles. The van der Waals surface area contributed by atoms with Crippen LogP contribution in [0.5, 0.6) is 11.5 Å². The number of hydrogen-bond donors (Lipinski definition) is 1. The van der Waals surface area contributed by atoms with E-state index in [0.717, 1.165) is 5.69 Å². The van der Waals surface area contributed by atoms with Gasteiger partial charge in [0.15, 0.2) is 9.84 Å². The van der Waals surface area contributed by atoms with Crippen molar-refractivity contribution in [1.82, 2.24) is 0 Å². The first-order chi connectivity index (χ1) is 9.02. The lowest BCUT2D eigenvalue weighted by molar-refractivity contribution is 0.395. The molecule has 0 atom stereocenters. The number of nitrogens with one attached hydrogen (secondary N) is 1. The molecule has 1 N–H and O–H groups in total. The van der Waals surface area contributed by atoms with Gasteiger partial charge in [-0.3, -0.25) is 0 Å². The highest BCUT2D eigenvalue weighted by Gasteiger charge is 2.10. The van der Waals surface area contributed by atoms with Crippen LogP contribution in [0.1, 0.15) is 13.3 Å². The molecule has 0 aliphatic rings. The maximum absolute atomic E-state index is 11.6. The van der Waals surface area contributed by atoms with Gasteiger partial charge in [-0.15, -0.1) is 0 Å². The smallest absolute Gasteiger partial charge is 0.152 e. The second kappa shape index (κ2) is 7.23. The third kappa shape index (κ3) is 4.98. The molecule has 0 amide bonds. The molecule has 0 aromatic heterocycles. The molecule has 0 bridgehead atoms. The number of hydrogen-bond acceptors (Lipinski definition) is 5. The summed E-state index contributed by atoms with van der Waals surface area (Å²) in [6.45, 7) is 2.22. The van der Waals surface area contributed by atoms with E-state index in [0.29, 0.717) is 24.5 Å². The van der Waals surface area contributed by atoms with Crippen molar-refractivity contribution in [2.24, 2.45) is 0 Å². The summed E-state index contributed by atoms with van der Waals surface area (Å²) in [6.07, 6.45) is 0.647. The van der Waals surface area contributed by atoms with E-state index >= 15 is 0 Å². The lowest BCUT2D eigenvalue weighted by Gasteiger charge is -2.12. The van der Waals surface area contributed by atoms with Gasteiger partial charge in [0.2, 0.25) is 0 Å². The fourth-order valence-electron chi connectivity index (χ4n) is 1.70. The number of anilines is 1. The molecule has 6 heteroatoms. The van der Waals surface area contributed by atoms with Gasteiger partial charge in [-0.2, -0.15) is 0 Å². The number of methoxy groups -OCH3 is 2. The molecule has 0 aliphatic carbocycles. The minimum absolute atomic E-state index is 0.121. The van der Waals surface area contributed by atoms with Crippen LogP contribution in [0.15, 0.2) is 18.2 Å². The van der Waals surface area contributed by atoms with E-state index in [9.17, 15) is 8.42 Å². The van der Waals surface area contributed by atoms with E-state index in [4.69, 9.17) is 9.47 Å². The van der Waals surface area contributed by atoms with E-state index in [1.165, 1.54) is 0 Å². The number of rotatable bonds is 8. The van der Waals surface area contributed by atoms with Crippen LogP contribution in [0.3, 0.4) is 0 Å². The summed E-state index contributed by atoms with van der Waals surface area (Å²) < 4.78 is 33.5. The van der Waals surface area contributed by atoms with Gasteiger partial charge in [-0.25, -0.2) is 8.42 Å². The molecule has 0 aliphatic heterocycles. The van der Waals surface area contributed by atoms with Crippen molar-refractivity contribution >= 4 is 15.5 Å². The maximum atomic E-state index is 11.6. The van der Waals surface area contributed by atoms with Gasteiger partial charge in [0.25, 0.3) is 0 Å². The molecule has 0 radical (unpaired) electrons. The molecule has 0 spiro atoms. The largest absolute Gasteiger partial charge is 0.497 e. The van der Waals surface area contributed by atoms with Gasteiger partial charge in [0.05, 0.1) is 25.7 Å². The second-order valence-electron chi connectivity index (χ2n) is 4.14. The maximum Gasteiger partial charge on any atom is 0.152 e. The predicted molar refractivity (Wildman–Crippen MR) is 77.0 cm³/mol. The molecule has 5 nitrogen and oxygen atoms in total. The third-order valence-corrected chi connectivity index (χ3v) is 4.51. The van der Waals surface area contributed by atoms with Crippen molar-refractivity contribution in [2.75, 3.05) is 37.6 Å². The van der Waals surface area contributed by atoms with Crippen molar-refractivity contribution in [3.63, 3.8) is 0 Å². The molecular formula is C13H21NO4S. The van der Waals surface area contributed by atoms with E-state index < -0.39 is 9.84 Å². The van der Waals surface area contributed by atoms with Crippen LogP contribution < -0.4 is 14.8 Å². The Morgan fingerprint density at radius 3 is 2.47 bits per heavy atom. The Balaban J connectivity index is 2.63. The fraction of sp³-hybridized carbons (Fsp3) is 0.538.